The van der Waals surface area contributed by atoms with Gasteiger partial charge in [-0.15, -0.1) is 0 Å². The largest absolute Gasteiger partial charge is 0.364 e. The van der Waals surface area contributed by atoms with Crippen LogP contribution in [0.4, 0.5) is 0 Å². The molecule has 2 aromatic rings. The Labute approximate surface area is 129 Å². The van der Waals surface area contributed by atoms with Gasteiger partial charge in [-0.2, -0.15) is 0 Å². The van der Waals surface area contributed by atoms with Crippen LogP contribution in [0.1, 0.15) is 31.1 Å². The number of aromatic nitrogens is 1. The van der Waals surface area contributed by atoms with Crippen molar-refractivity contribution < 1.29 is 4.52 Å². The van der Waals surface area contributed by atoms with Crippen molar-refractivity contribution >= 4 is 17.6 Å². The first-order valence-corrected chi connectivity index (χ1v) is 7.26. The Hall–Kier alpha value is -2.01. The highest BCUT2D eigenvalue weighted by Crippen LogP contribution is 2.15. The number of rotatable bonds is 5. The van der Waals surface area contributed by atoms with Crippen molar-refractivity contribution in [1.29, 1.82) is 0 Å². The molecule has 112 valence electrons. The summed E-state index contributed by atoms with van der Waals surface area (Å²) in [6.45, 7) is 5.36. The van der Waals surface area contributed by atoms with Crippen molar-refractivity contribution in [1.82, 2.24) is 15.8 Å². The zero-order chi connectivity index (χ0) is 15.1. The predicted octanol–water partition coefficient (Wildman–Crippen LogP) is 3.14. The van der Waals surface area contributed by atoms with E-state index in [1.807, 2.05) is 31.2 Å². The molecule has 1 aromatic carbocycles. The third kappa shape index (κ3) is 4.79. The summed E-state index contributed by atoms with van der Waals surface area (Å²) < 4.78 is 4.80. The summed E-state index contributed by atoms with van der Waals surface area (Å²) in [5.41, 5.74) is 1.94. The van der Waals surface area contributed by atoms with Gasteiger partial charge in [-0.3, -0.25) is 0 Å². The fraction of sp³-hybridized carbons (Fsp3) is 0.333. The van der Waals surface area contributed by atoms with Gasteiger partial charge in [-0.05, 0) is 31.5 Å². The third-order valence-corrected chi connectivity index (χ3v) is 3.21. The third-order valence-electron chi connectivity index (χ3n) is 2.96. The number of halogens is 1. The summed E-state index contributed by atoms with van der Waals surface area (Å²) >= 11 is 5.91. The summed E-state index contributed by atoms with van der Waals surface area (Å²) in [5.74, 6) is 0.739. The van der Waals surface area contributed by atoms with Crippen molar-refractivity contribution in [2.24, 2.45) is 4.99 Å². The molecule has 0 radical (unpaired) electrons. The molecule has 0 saturated heterocycles. The Kier molecular flexibility index (Phi) is 5.63. The summed E-state index contributed by atoms with van der Waals surface area (Å²) in [7, 11) is 0. The van der Waals surface area contributed by atoms with Crippen LogP contribution >= 0.6 is 11.6 Å². The molecular formula is C15H19ClN4O. The zero-order valence-electron chi connectivity index (χ0n) is 12.1. The molecule has 6 heteroatoms. The Morgan fingerprint density at radius 3 is 2.71 bits per heavy atom. The summed E-state index contributed by atoms with van der Waals surface area (Å²) in [4.78, 5) is 4.48. The van der Waals surface area contributed by atoms with Crippen LogP contribution in [0.15, 0.2) is 46.1 Å². The van der Waals surface area contributed by atoms with Gasteiger partial charge in [-0.25, -0.2) is 4.99 Å². The molecule has 1 heterocycles. The standard InChI is InChI=1S/C15H19ClN4O/c1-3-17-15(18-10-14-8-9-21-20-14)19-11(2)12-4-6-13(16)7-5-12/h4-9,11H,3,10H2,1-2H3,(H2,17,18,19). The highest BCUT2D eigenvalue weighted by atomic mass is 35.5. The van der Waals surface area contributed by atoms with Crippen LogP contribution < -0.4 is 10.6 Å². The topological polar surface area (TPSA) is 62.5 Å². The fourth-order valence-corrected chi connectivity index (χ4v) is 1.97. The van der Waals surface area contributed by atoms with Gasteiger partial charge in [0.1, 0.15) is 12.0 Å². The van der Waals surface area contributed by atoms with Crippen LogP contribution in [0.3, 0.4) is 0 Å². The first-order chi connectivity index (χ1) is 10.2. The van der Waals surface area contributed by atoms with E-state index < -0.39 is 0 Å². The molecular weight excluding hydrogens is 288 g/mol. The quantitative estimate of drug-likeness (QED) is 0.658. The summed E-state index contributed by atoms with van der Waals surface area (Å²) in [5, 5.41) is 11.1. The molecule has 0 fully saturated rings. The molecule has 0 bridgehead atoms. The van der Waals surface area contributed by atoms with Gasteiger partial charge in [-0.1, -0.05) is 28.9 Å². The molecule has 21 heavy (non-hydrogen) atoms. The van der Waals surface area contributed by atoms with E-state index in [1.165, 1.54) is 0 Å². The van der Waals surface area contributed by atoms with E-state index in [4.69, 9.17) is 16.1 Å². The first kappa shape index (κ1) is 15.4. The minimum Gasteiger partial charge on any atom is -0.364 e. The van der Waals surface area contributed by atoms with E-state index in [1.54, 1.807) is 12.3 Å². The van der Waals surface area contributed by atoms with Gasteiger partial charge >= 0.3 is 0 Å². The minimum absolute atomic E-state index is 0.123. The number of hydrogen-bond donors (Lipinski definition) is 2. The Bertz CT molecular complexity index is 566. The molecule has 2 N–H and O–H groups in total. The van der Waals surface area contributed by atoms with Crippen LogP contribution in [0.25, 0.3) is 0 Å². The van der Waals surface area contributed by atoms with Crippen LogP contribution in [-0.4, -0.2) is 17.7 Å². The van der Waals surface area contributed by atoms with Gasteiger partial charge in [0.05, 0.1) is 12.6 Å². The normalized spacial score (nSPS) is 13.0. The first-order valence-electron chi connectivity index (χ1n) is 6.88. The maximum Gasteiger partial charge on any atom is 0.192 e. The molecule has 0 aliphatic rings. The molecule has 0 aliphatic carbocycles. The van der Waals surface area contributed by atoms with Crippen LogP contribution in [0.5, 0.6) is 0 Å². The van der Waals surface area contributed by atoms with E-state index in [0.717, 1.165) is 28.8 Å². The number of guanidine groups is 1. The lowest BCUT2D eigenvalue weighted by Gasteiger charge is -2.18. The fourth-order valence-electron chi connectivity index (χ4n) is 1.84. The SMILES string of the molecule is CCNC(=NCc1ccon1)NC(C)c1ccc(Cl)cc1. The van der Waals surface area contributed by atoms with Crippen molar-refractivity contribution in [3.63, 3.8) is 0 Å². The summed E-state index contributed by atoms with van der Waals surface area (Å²) in [6.07, 6.45) is 1.54. The number of hydrogen-bond acceptors (Lipinski definition) is 3. The molecule has 0 saturated carbocycles. The van der Waals surface area contributed by atoms with Crippen LogP contribution in [-0.2, 0) is 6.54 Å². The highest BCUT2D eigenvalue weighted by Gasteiger charge is 2.07. The number of benzene rings is 1. The van der Waals surface area contributed by atoms with E-state index >= 15 is 0 Å². The number of aliphatic imine (C=N–C) groups is 1. The van der Waals surface area contributed by atoms with Gasteiger partial charge in [0.2, 0.25) is 0 Å². The van der Waals surface area contributed by atoms with Crippen LogP contribution in [0.2, 0.25) is 5.02 Å². The predicted molar refractivity (Wildman–Crippen MR) is 84.3 cm³/mol. The molecule has 0 amide bonds. The van der Waals surface area contributed by atoms with E-state index in [0.29, 0.717) is 6.54 Å². The lowest BCUT2D eigenvalue weighted by atomic mass is 10.1. The zero-order valence-corrected chi connectivity index (χ0v) is 12.9. The average molecular weight is 307 g/mol. The molecule has 2 rings (SSSR count). The smallest absolute Gasteiger partial charge is 0.192 e. The Morgan fingerprint density at radius 1 is 1.33 bits per heavy atom. The second kappa shape index (κ2) is 7.69. The van der Waals surface area contributed by atoms with Crippen molar-refractivity contribution in [2.75, 3.05) is 6.54 Å². The Morgan fingerprint density at radius 2 is 2.10 bits per heavy atom. The lowest BCUT2D eigenvalue weighted by Crippen LogP contribution is -2.38. The van der Waals surface area contributed by atoms with E-state index in [9.17, 15) is 0 Å². The lowest BCUT2D eigenvalue weighted by molar-refractivity contribution is 0.412. The Balaban J connectivity index is 2.01. The van der Waals surface area contributed by atoms with Crippen molar-refractivity contribution in [2.45, 2.75) is 26.4 Å². The number of nitrogens with one attached hydrogen (secondary N) is 2. The van der Waals surface area contributed by atoms with Gasteiger partial charge in [0.15, 0.2) is 5.96 Å². The molecule has 1 unspecified atom stereocenters. The maximum atomic E-state index is 5.91. The molecule has 5 nitrogen and oxygen atoms in total. The van der Waals surface area contributed by atoms with Gasteiger partial charge < -0.3 is 15.2 Å². The minimum atomic E-state index is 0.123. The highest BCUT2D eigenvalue weighted by molar-refractivity contribution is 6.30. The monoisotopic (exact) mass is 306 g/mol. The van der Waals surface area contributed by atoms with Crippen molar-refractivity contribution in [3.8, 4) is 0 Å². The average Bonchev–Trinajstić information content (AvgIpc) is 2.99. The molecule has 0 spiro atoms. The molecule has 1 aromatic heterocycles. The van der Waals surface area contributed by atoms with Crippen molar-refractivity contribution in [3.05, 3.63) is 52.9 Å². The maximum absolute atomic E-state index is 5.91. The van der Waals surface area contributed by atoms with E-state index in [2.05, 4.69) is 27.7 Å². The van der Waals surface area contributed by atoms with Gasteiger partial charge in [0.25, 0.3) is 0 Å². The van der Waals surface area contributed by atoms with E-state index in [-0.39, 0.29) is 6.04 Å². The van der Waals surface area contributed by atoms with Crippen LogP contribution in [0, 0.1) is 0 Å². The second-order valence-electron chi connectivity index (χ2n) is 4.60. The summed E-state index contributed by atoms with van der Waals surface area (Å²) in [6, 6.07) is 9.69. The molecule has 0 aliphatic heterocycles. The molecule has 1 atom stereocenters. The second-order valence-corrected chi connectivity index (χ2v) is 5.04. The van der Waals surface area contributed by atoms with Gasteiger partial charge in [0, 0.05) is 17.6 Å². The number of nitrogens with zero attached hydrogens (tertiary/aromatic N) is 2.